The van der Waals surface area contributed by atoms with Crippen LogP contribution in [0, 0.1) is 16.0 Å². The minimum Gasteiger partial charge on any atom is -0.387 e. The first-order valence-corrected chi connectivity index (χ1v) is 5.73. The summed E-state index contributed by atoms with van der Waals surface area (Å²) in [6, 6.07) is 6.54. The predicted octanol–water partition coefficient (Wildman–Crippen LogP) is 1.63. The molecule has 0 heterocycles. The van der Waals surface area contributed by atoms with Crippen LogP contribution in [0.1, 0.15) is 25.0 Å². The van der Waals surface area contributed by atoms with Gasteiger partial charge < -0.3 is 10.4 Å². The Morgan fingerprint density at radius 2 is 2.12 bits per heavy atom. The molecular weight excluding hydrogens is 220 g/mol. The fourth-order valence-electron chi connectivity index (χ4n) is 1.81. The molecule has 1 aliphatic rings. The summed E-state index contributed by atoms with van der Waals surface area (Å²) < 4.78 is 0. The topological polar surface area (TPSA) is 75.4 Å². The highest BCUT2D eigenvalue weighted by atomic mass is 16.6. The van der Waals surface area contributed by atoms with Crippen LogP contribution < -0.4 is 5.32 Å². The van der Waals surface area contributed by atoms with E-state index in [4.69, 9.17) is 0 Å². The van der Waals surface area contributed by atoms with Gasteiger partial charge in [-0.25, -0.2) is 0 Å². The molecule has 5 heteroatoms. The van der Waals surface area contributed by atoms with E-state index in [0.717, 1.165) is 6.42 Å². The first kappa shape index (κ1) is 12.0. The summed E-state index contributed by atoms with van der Waals surface area (Å²) in [5.74, 6) is 0.694. The van der Waals surface area contributed by atoms with E-state index in [9.17, 15) is 15.2 Å². The van der Waals surface area contributed by atoms with Gasteiger partial charge in [0.05, 0.1) is 11.0 Å². The molecule has 0 aliphatic heterocycles. The Kier molecular flexibility index (Phi) is 3.40. The molecule has 0 amide bonds. The summed E-state index contributed by atoms with van der Waals surface area (Å²) >= 11 is 0. The van der Waals surface area contributed by atoms with Crippen molar-refractivity contribution < 1.29 is 10.0 Å². The minimum absolute atomic E-state index is 0.0460. The normalized spacial score (nSPS) is 24.4. The van der Waals surface area contributed by atoms with Crippen molar-refractivity contribution in [3.8, 4) is 0 Å². The van der Waals surface area contributed by atoms with E-state index in [1.807, 2.05) is 0 Å². The highest BCUT2D eigenvalue weighted by Gasteiger charge is 2.32. The lowest BCUT2D eigenvalue weighted by Crippen LogP contribution is -2.24. The zero-order valence-electron chi connectivity index (χ0n) is 9.67. The van der Waals surface area contributed by atoms with Gasteiger partial charge in [-0.3, -0.25) is 10.1 Å². The van der Waals surface area contributed by atoms with Crippen LogP contribution in [-0.2, 0) is 0 Å². The molecule has 5 nitrogen and oxygen atoms in total. The molecule has 0 spiro atoms. The molecule has 1 aromatic rings. The molecule has 2 rings (SSSR count). The summed E-state index contributed by atoms with van der Waals surface area (Å²) in [5, 5.41) is 23.6. The summed E-state index contributed by atoms with van der Waals surface area (Å²) in [6.07, 6.45) is 0.552. The van der Waals surface area contributed by atoms with Crippen molar-refractivity contribution >= 4 is 5.69 Å². The van der Waals surface area contributed by atoms with Gasteiger partial charge in [-0.15, -0.1) is 0 Å². The number of aliphatic hydroxyl groups is 1. The van der Waals surface area contributed by atoms with E-state index in [1.54, 1.807) is 12.1 Å². The first-order chi connectivity index (χ1) is 8.08. The molecule has 1 aromatic carbocycles. The van der Waals surface area contributed by atoms with Gasteiger partial charge in [-0.2, -0.15) is 0 Å². The zero-order chi connectivity index (χ0) is 12.4. The largest absolute Gasteiger partial charge is 0.387 e. The Morgan fingerprint density at radius 3 is 2.59 bits per heavy atom. The average molecular weight is 236 g/mol. The van der Waals surface area contributed by atoms with E-state index in [0.29, 0.717) is 24.1 Å². The molecule has 1 aliphatic carbocycles. The number of nitro groups is 1. The lowest BCUT2D eigenvalue weighted by Gasteiger charge is -2.11. The Hall–Kier alpha value is -1.46. The molecule has 3 atom stereocenters. The van der Waals surface area contributed by atoms with Crippen molar-refractivity contribution in [2.24, 2.45) is 5.92 Å². The molecule has 2 N–H and O–H groups in total. The van der Waals surface area contributed by atoms with Gasteiger partial charge >= 0.3 is 0 Å². The smallest absolute Gasteiger partial charge is 0.269 e. The monoisotopic (exact) mass is 236 g/mol. The van der Waals surface area contributed by atoms with Crippen molar-refractivity contribution in [1.82, 2.24) is 5.32 Å². The van der Waals surface area contributed by atoms with Gasteiger partial charge in [0.2, 0.25) is 0 Å². The van der Waals surface area contributed by atoms with Crippen LogP contribution in [0.4, 0.5) is 5.69 Å². The van der Waals surface area contributed by atoms with Gasteiger partial charge in [0.25, 0.3) is 5.69 Å². The quantitative estimate of drug-likeness (QED) is 0.601. The summed E-state index contributed by atoms with van der Waals surface area (Å²) in [4.78, 5) is 10.0. The second kappa shape index (κ2) is 4.81. The van der Waals surface area contributed by atoms with Crippen LogP contribution in [-0.4, -0.2) is 22.6 Å². The van der Waals surface area contributed by atoms with E-state index in [-0.39, 0.29) is 5.69 Å². The second-order valence-electron chi connectivity index (χ2n) is 4.59. The highest BCUT2D eigenvalue weighted by molar-refractivity contribution is 5.33. The predicted molar refractivity (Wildman–Crippen MR) is 63.6 cm³/mol. The van der Waals surface area contributed by atoms with Gasteiger partial charge in [0, 0.05) is 24.7 Å². The third kappa shape index (κ3) is 3.01. The van der Waals surface area contributed by atoms with E-state index in [1.165, 1.54) is 12.1 Å². The van der Waals surface area contributed by atoms with Crippen LogP contribution >= 0.6 is 0 Å². The van der Waals surface area contributed by atoms with Gasteiger partial charge in [0.1, 0.15) is 0 Å². The maximum Gasteiger partial charge on any atom is 0.269 e. The number of nitro benzene ring substituents is 1. The molecule has 0 saturated heterocycles. The number of hydrogen-bond acceptors (Lipinski definition) is 4. The molecule has 0 radical (unpaired) electrons. The van der Waals surface area contributed by atoms with Crippen molar-refractivity contribution in [2.75, 3.05) is 6.54 Å². The van der Waals surface area contributed by atoms with E-state index >= 15 is 0 Å². The van der Waals surface area contributed by atoms with E-state index in [2.05, 4.69) is 12.2 Å². The lowest BCUT2D eigenvalue weighted by molar-refractivity contribution is -0.384. The first-order valence-electron chi connectivity index (χ1n) is 5.73. The van der Waals surface area contributed by atoms with Crippen LogP contribution in [0.25, 0.3) is 0 Å². The second-order valence-corrected chi connectivity index (χ2v) is 4.59. The number of aliphatic hydroxyl groups excluding tert-OH is 1. The average Bonchev–Trinajstić information content (AvgIpc) is 3.02. The number of rotatable bonds is 5. The Balaban J connectivity index is 1.89. The van der Waals surface area contributed by atoms with Crippen LogP contribution in [0.5, 0.6) is 0 Å². The van der Waals surface area contributed by atoms with Gasteiger partial charge in [-0.05, 0) is 30.0 Å². The maximum atomic E-state index is 10.5. The van der Waals surface area contributed by atoms with E-state index < -0.39 is 11.0 Å². The van der Waals surface area contributed by atoms with Gasteiger partial charge in [-0.1, -0.05) is 6.92 Å². The van der Waals surface area contributed by atoms with Gasteiger partial charge in [0.15, 0.2) is 0 Å². The molecule has 17 heavy (non-hydrogen) atoms. The number of hydrogen-bond donors (Lipinski definition) is 2. The Bertz CT molecular complexity index is 405. The zero-order valence-corrected chi connectivity index (χ0v) is 9.67. The Labute approximate surface area is 99.6 Å². The maximum absolute atomic E-state index is 10.5. The number of non-ortho nitro benzene ring substituents is 1. The molecular formula is C12H16N2O3. The summed E-state index contributed by atoms with van der Waals surface area (Å²) in [5.41, 5.74) is 0.751. The number of nitrogens with one attached hydrogen (secondary N) is 1. The molecule has 0 bridgehead atoms. The number of nitrogens with zero attached hydrogens (tertiary/aromatic N) is 1. The van der Waals surface area contributed by atoms with Crippen LogP contribution in [0.3, 0.4) is 0 Å². The molecule has 0 aromatic heterocycles. The van der Waals surface area contributed by atoms with Crippen molar-refractivity contribution in [1.29, 1.82) is 0 Å². The molecule has 92 valence electrons. The third-order valence-corrected chi connectivity index (χ3v) is 3.17. The highest BCUT2D eigenvalue weighted by Crippen LogP contribution is 2.29. The SMILES string of the molecule is CC1CC1NCC(O)c1ccc([N+](=O)[O-])cc1. The van der Waals surface area contributed by atoms with Crippen LogP contribution in [0.2, 0.25) is 0 Å². The Morgan fingerprint density at radius 1 is 1.53 bits per heavy atom. The van der Waals surface area contributed by atoms with Crippen molar-refractivity contribution in [2.45, 2.75) is 25.5 Å². The van der Waals surface area contributed by atoms with Crippen molar-refractivity contribution in [3.63, 3.8) is 0 Å². The summed E-state index contributed by atoms with van der Waals surface area (Å²) in [7, 11) is 0. The summed E-state index contributed by atoms with van der Waals surface area (Å²) in [6.45, 7) is 2.66. The number of benzene rings is 1. The molecule has 1 fully saturated rings. The third-order valence-electron chi connectivity index (χ3n) is 3.17. The van der Waals surface area contributed by atoms with Crippen molar-refractivity contribution in [3.05, 3.63) is 39.9 Å². The molecule has 1 saturated carbocycles. The lowest BCUT2D eigenvalue weighted by atomic mass is 10.1. The standard InChI is InChI=1S/C12H16N2O3/c1-8-6-11(8)13-7-12(15)9-2-4-10(5-3-9)14(16)17/h2-5,8,11-13,15H,6-7H2,1H3. The minimum atomic E-state index is -0.608. The van der Waals surface area contributed by atoms with Crippen LogP contribution in [0.15, 0.2) is 24.3 Å². The molecule has 3 unspecified atom stereocenters. The fraction of sp³-hybridized carbons (Fsp3) is 0.500. The fourth-order valence-corrected chi connectivity index (χ4v) is 1.81.